The van der Waals surface area contributed by atoms with Crippen molar-refractivity contribution in [2.75, 3.05) is 23.9 Å². The van der Waals surface area contributed by atoms with Crippen molar-refractivity contribution >= 4 is 39.1 Å². The molecule has 1 atom stereocenters. The first-order chi connectivity index (χ1) is 11.6. The molecule has 25 heavy (non-hydrogen) atoms. The topological polar surface area (TPSA) is 110 Å². The van der Waals surface area contributed by atoms with E-state index in [1.807, 2.05) is 0 Å². The van der Waals surface area contributed by atoms with Gasteiger partial charge in [0.15, 0.2) is 22.2 Å². The molecular weight excluding hydrogens is 366 g/mol. The molecule has 1 fully saturated rings. The molecule has 0 amide bonds. The van der Waals surface area contributed by atoms with Gasteiger partial charge >= 0.3 is 5.97 Å². The van der Waals surface area contributed by atoms with Crippen molar-refractivity contribution in [1.29, 1.82) is 0 Å². The highest BCUT2D eigenvalue weighted by Gasteiger charge is 2.29. The van der Waals surface area contributed by atoms with E-state index >= 15 is 0 Å². The Hall–Kier alpha value is -1.61. The second-order valence-electron chi connectivity index (χ2n) is 6.10. The third-order valence-electron chi connectivity index (χ3n) is 4.06. The van der Waals surface area contributed by atoms with E-state index in [0.717, 1.165) is 0 Å². The fourth-order valence-electron chi connectivity index (χ4n) is 2.90. The van der Waals surface area contributed by atoms with Crippen molar-refractivity contribution in [3.63, 3.8) is 0 Å². The Balaban J connectivity index is 1.85. The average Bonchev–Trinajstić information content (AvgIpc) is 3.01. The van der Waals surface area contributed by atoms with Crippen LogP contribution in [0.15, 0.2) is 0 Å². The highest BCUT2D eigenvalue weighted by Crippen LogP contribution is 2.24. The first kappa shape index (κ1) is 19.7. The largest absolute Gasteiger partial charge is 0.457 e. The van der Waals surface area contributed by atoms with Crippen molar-refractivity contribution in [2.24, 2.45) is 0 Å². The molecule has 0 unspecified atom stereocenters. The molecule has 138 valence electrons. The van der Waals surface area contributed by atoms with Crippen LogP contribution in [0.25, 0.3) is 0 Å². The van der Waals surface area contributed by atoms with Gasteiger partial charge in [-0.3, -0.25) is 14.4 Å². The molecule has 2 heterocycles. The summed E-state index contributed by atoms with van der Waals surface area (Å²) in [6.07, 6.45) is 0.536. The fraction of sp³-hybridized carbons (Fsp3) is 0.562. The molecule has 9 heteroatoms. The number of carbonyl (C=O) groups excluding carboxylic acids is 3. The molecule has 0 aromatic carbocycles. The van der Waals surface area contributed by atoms with Gasteiger partial charge < -0.3 is 9.72 Å². The van der Waals surface area contributed by atoms with E-state index in [-0.39, 0.29) is 34.0 Å². The monoisotopic (exact) mass is 387 g/mol. The summed E-state index contributed by atoms with van der Waals surface area (Å²) in [7, 11) is -2.98. The predicted molar refractivity (Wildman–Crippen MR) is 95.1 cm³/mol. The third kappa shape index (κ3) is 4.94. The number of hydrogen-bond acceptors (Lipinski definition) is 7. The van der Waals surface area contributed by atoms with E-state index in [1.165, 1.54) is 18.7 Å². The Labute approximate surface area is 150 Å². The van der Waals surface area contributed by atoms with Gasteiger partial charge in [0.2, 0.25) is 5.78 Å². The number of carbonyl (C=O) groups is 3. The highest BCUT2D eigenvalue weighted by atomic mass is 32.2. The number of sulfone groups is 1. The maximum Gasteiger partial charge on any atom is 0.316 e. The Bertz CT molecular complexity index is 809. The van der Waals surface area contributed by atoms with Gasteiger partial charge in [-0.15, -0.1) is 11.8 Å². The van der Waals surface area contributed by atoms with Crippen LogP contribution in [0.4, 0.5) is 0 Å². The number of ketones is 2. The molecule has 2 rings (SSSR count). The summed E-state index contributed by atoms with van der Waals surface area (Å²) in [5.41, 5.74) is 1.91. The van der Waals surface area contributed by atoms with Crippen LogP contribution in [-0.2, 0) is 19.4 Å². The van der Waals surface area contributed by atoms with Gasteiger partial charge in [0.25, 0.3) is 0 Å². The summed E-state index contributed by atoms with van der Waals surface area (Å²) in [6.45, 7) is 4.39. The molecule has 1 saturated heterocycles. The van der Waals surface area contributed by atoms with E-state index in [4.69, 9.17) is 4.74 Å². The number of esters is 1. The minimum atomic E-state index is -2.98. The zero-order chi connectivity index (χ0) is 18.8. The number of aryl methyl sites for hydroxylation is 1. The summed E-state index contributed by atoms with van der Waals surface area (Å²) in [5, 5.41) is -0.0975. The number of aromatic nitrogens is 1. The van der Waals surface area contributed by atoms with Gasteiger partial charge in [-0.1, -0.05) is 0 Å². The zero-order valence-corrected chi connectivity index (χ0v) is 16.0. The lowest BCUT2D eigenvalue weighted by molar-refractivity contribution is -0.139. The van der Waals surface area contributed by atoms with Crippen LogP contribution in [0.5, 0.6) is 0 Å². The molecule has 1 aliphatic rings. The molecule has 7 nitrogen and oxygen atoms in total. The molecule has 0 saturated carbocycles. The average molecular weight is 387 g/mol. The van der Waals surface area contributed by atoms with Gasteiger partial charge in [-0.2, -0.15) is 0 Å². The van der Waals surface area contributed by atoms with Gasteiger partial charge in [0, 0.05) is 16.5 Å². The lowest BCUT2D eigenvalue weighted by Crippen LogP contribution is -2.18. The smallest absolute Gasteiger partial charge is 0.316 e. The molecule has 0 radical (unpaired) electrons. The van der Waals surface area contributed by atoms with Crippen molar-refractivity contribution in [1.82, 2.24) is 4.98 Å². The summed E-state index contributed by atoms with van der Waals surface area (Å²) >= 11 is 1.24. The number of H-pyrrole nitrogens is 1. The quantitative estimate of drug-likeness (QED) is 0.557. The SMILES string of the molecule is CC(=O)c1c(C)[nH]c(C(=O)COC(=O)CS[C@H]2CCS(=O)(=O)C2)c1C. The van der Waals surface area contributed by atoms with Crippen LogP contribution in [0.1, 0.15) is 45.4 Å². The fourth-order valence-corrected chi connectivity index (χ4v) is 6.33. The number of aromatic amines is 1. The lowest BCUT2D eigenvalue weighted by atomic mass is 10.1. The Morgan fingerprint density at radius 3 is 2.48 bits per heavy atom. The number of hydrogen-bond donors (Lipinski definition) is 1. The van der Waals surface area contributed by atoms with Crippen molar-refractivity contribution in [3.05, 3.63) is 22.5 Å². The number of nitrogens with one attached hydrogen (secondary N) is 1. The summed E-state index contributed by atoms with van der Waals surface area (Å²) in [4.78, 5) is 38.4. The van der Waals surface area contributed by atoms with Crippen LogP contribution in [0.3, 0.4) is 0 Å². The van der Waals surface area contributed by atoms with E-state index in [9.17, 15) is 22.8 Å². The van der Waals surface area contributed by atoms with Crippen LogP contribution >= 0.6 is 11.8 Å². The molecule has 0 aliphatic carbocycles. The molecule has 0 spiro atoms. The lowest BCUT2D eigenvalue weighted by Gasteiger charge is -2.07. The number of thioether (sulfide) groups is 1. The van der Waals surface area contributed by atoms with E-state index < -0.39 is 28.2 Å². The minimum Gasteiger partial charge on any atom is -0.457 e. The second kappa shape index (κ2) is 7.74. The number of Topliss-reactive ketones (excluding diaryl/α,β-unsaturated/α-hetero) is 2. The third-order valence-corrected chi connectivity index (χ3v) is 7.32. The van der Waals surface area contributed by atoms with Crippen LogP contribution < -0.4 is 0 Å². The standard InChI is InChI=1S/C16H21NO6S2/c1-9-15(11(3)18)10(2)17-16(9)13(19)6-23-14(20)7-24-12-4-5-25(21,22)8-12/h12,17H,4-8H2,1-3H3/t12-/m0/s1. The van der Waals surface area contributed by atoms with Gasteiger partial charge in [-0.05, 0) is 32.8 Å². The Morgan fingerprint density at radius 1 is 1.28 bits per heavy atom. The summed E-state index contributed by atoms with van der Waals surface area (Å²) in [6, 6.07) is 0. The first-order valence-corrected chi connectivity index (χ1v) is 10.7. The minimum absolute atomic E-state index is 0.00883. The maximum atomic E-state index is 12.2. The molecular formula is C16H21NO6S2. The zero-order valence-electron chi connectivity index (χ0n) is 14.4. The normalized spacial score (nSPS) is 18.9. The second-order valence-corrected chi connectivity index (χ2v) is 9.62. The van der Waals surface area contributed by atoms with Crippen molar-refractivity contribution in [2.45, 2.75) is 32.4 Å². The summed E-state index contributed by atoms with van der Waals surface area (Å²) in [5.74, 6) is -0.856. The Morgan fingerprint density at radius 2 is 1.96 bits per heavy atom. The molecule has 1 aromatic heterocycles. The van der Waals surface area contributed by atoms with Crippen molar-refractivity contribution < 1.29 is 27.5 Å². The van der Waals surface area contributed by atoms with E-state index in [2.05, 4.69) is 4.98 Å². The molecule has 1 aromatic rings. The molecule has 1 N–H and O–H groups in total. The van der Waals surface area contributed by atoms with Gasteiger partial charge in [0.1, 0.15) is 0 Å². The predicted octanol–water partition coefficient (Wildman–Crippen LogP) is 1.48. The van der Waals surface area contributed by atoms with E-state index in [0.29, 0.717) is 23.2 Å². The number of ether oxygens (including phenoxy) is 1. The molecule has 0 bridgehead atoms. The van der Waals surface area contributed by atoms with Gasteiger partial charge in [-0.25, -0.2) is 8.42 Å². The van der Waals surface area contributed by atoms with Crippen molar-refractivity contribution in [3.8, 4) is 0 Å². The molecule has 1 aliphatic heterocycles. The number of rotatable bonds is 7. The maximum absolute atomic E-state index is 12.2. The first-order valence-electron chi connectivity index (χ1n) is 7.81. The van der Waals surface area contributed by atoms with Crippen LogP contribution in [0, 0.1) is 13.8 Å². The van der Waals surface area contributed by atoms with Gasteiger partial charge in [0.05, 0.1) is 23.0 Å². The summed E-state index contributed by atoms with van der Waals surface area (Å²) < 4.78 is 27.7. The Kier molecular flexibility index (Phi) is 6.10. The van der Waals surface area contributed by atoms with Crippen LogP contribution in [-0.4, -0.2) is 60.1 Å². The van der Waals surface area contributed by atoms with E-state index in [1.54, 1.807) is 13.8 Å². The van der Waals surface area contributed by atoms with Crippen LogP contribution in [0.2, 0.25) is 0 Å². The highest BCUT2D eigenvalue weighted by molar-refractivity contribution is 8.02.